The van der Waals surface area contributed by atoms with Gasteiger partial charge in [0.25, 0.3) is 11.6 Å². The molecule has 3 rings (SSSR count). The highest BCUT2D eigenvalue weighted by Gasteiger charge is 2.23. The molecule has 11 heteroatoms. The number of halogens is 1. The van der Waals surface area contributed by atoms with Gasteiger partial charge in [-0.2, -0.15) is 0 Å². The van der Waals surface area contributed by atoms with Crippen LogP contribution in [0, 0.1) is 10.1 Å². The molecule has 168 valence electrons. The number of esters is 1. The van der Waals surface area contributed by atoms with Crippen molar-refractivity contribution >= 4 is 46.4 Å². The molecule has 0 aliphatic carbocycles. The number of nitrogens with one attached hydrogen (secondary N) is 1. The van der Waals surface area contributed by atoms with Crippen molar-refractivity contribution < 1.29 is 24.0 Å². The lowest BCUT2D eigenvalue weighted by Gasteiger charge is -2.36. The Bertz CT molecular complexity index is 1080. The van der Waals surface area contributed by atoms with E-state index in [1.165, 1.54) is 32.2 Å². The Labute approximate surface area is 188 Å². The van der Waals surface area contributed by atoms with Crippen molar-refractivity contribution in [3.05, 3.63) is 62.7 Å². The molecule has 0 unspecified atom stereocenters. The molecule has 10 nitrogen and oxygen atoms in total. The van der Waals surface area contributed by atoms with Gasteiger partial charge in [-0.25, -0.2) is 4.79 Å². The molecule has 2 aromatic rings. The fourth-order valence-corrected chi connectivity index (χ4v) is 3.67. The van der Waals surface area contributed by atoms with Crippen molar-refractivity contribution in [1.82, 2.24) is 4.90 Å². The third-order valence-electron chi connectivity index (χ3n) is 5.14. The first-order chi connectivity index (χ1) is 15.2. The van der Waals surface area contributed by atoms with E-state index in [9.17, 15) is 24.5 Å². The predicted octanol–water partition coefficient (Wildman–Crippen LogP) is 2.96. The summed E-state index contributed by atoms with van der Waals surface area (Å²) in [5.41, 5.74) is 1.07. The highest BCUT2D eigenvalue weighted by atomic mass is 35.5. The highest BCUT2D eigenvalue weighted by Crippen LogP contribution is 2.30. The number of carbonyl (C=O) groups excluding carboxylic acids is 3. The zero-order valence-corrected chi connectivity index (χ0v) is 18.2. The van der Waals surface area contributed by atoms with Crippen molar-refractivity contribution in [3.63, 3.8) is 0 Å². The first kappa shape index (κ1) is 23.0. The summed E-state index contributed by atoms with van der Waals surface area (Å²) in [6, 6.07) is 8.34. The topological polar surface area (TPSA) is 122 Å². The lowest BCUT2D eigenvalue weighted by Crippen LogP contribution is -2.48. The second-order valence-electron chi connectivity index (χ2n) is 7.09. The van der Waals surface area contributed by atoms with Crippen LogP contribution in [0.4, 0.5) is 17.1 Å². The molecule has 1 saturated heterocycles. The number of anilines is 2. The monoisotopic (exact) mass is 460 g/mol. The van der Waals surface area contributed by atoms with E-state index in [0.29, 0.717) is 37.6 Å². The van der Waals surface area contributed by atoms with E-state index in [1.54, 1.807) is 17.0 Å². The Morgan fingerprint density at radius 1 is 1.09 bits per heavy atom. The molecule has 2 aromatic carbocycles. The normalized spacial score (nSPS) is 13.5. The second-order valence-corrected chi connectivity index (χ2v) is 7.50. The number of rotatable bonds is 5. The van der Waals surface area contributed by atoms with Gasteiger partial charge in [0.1, 0.15) is 0 Å². The van der Waals surface area contributed by atoms with E-state index >= 15 is 0 Å². The number of ether oxygens (including phenoxy) is 1. The minimum Gasteiger partial charge on any atom is -0.465 e. The van der Waals surface area contributed by atoms with Crippen LogP contribution in [0.15, 0.2) is 36.4 Å². The zero-order chi connectivity index (χ0) is 23.4. The summed E-state index contributed by atoms with van der Waals surface area (Å²) < 4.78 is 4.77. The predicted molar refractivity (Wildman–Crippen MR) is 118 cm³/mol. The molecule has 0 spiro atoms. The van der Waals surface area contributed by atoms with Gasteiger partial charge in [0, 0.05) is 45.2 Å². The van der Waals surface area contributed by atoms with Crippen LogP contribution in [0.1, 0.15) is 27.6 Å². The van der Waals surface area contributed by atoms with Crippen LogP contribution < -0.4 is 10.2 Å². The van der Waals surface area contributed by atoms with Crippen molar-refractivity contribution in [3.8, 4) is 0 Å². The Morgan fingerprint density at radius 3 is 2.34 bits per heavy atom. The number of nitro benzene ring substituents is 1. The molecular weight excluding hydrogens is 440 g/mol. The van der Waals surface area contributed by atoms with E-state index in [1.807, 2.05) is 4.90 Å². The third kappa shape index (κ3) is 4.97. The summed E-state index contributed by atoms with van der Waals surface area (Å²) in [6.45, 7) is 3.64. The number of hydrogen-bond acceptors (Lipinski definition) is 7. The molecule has 1 aliphatic heterocycles. The Morgan fingerprint density at radius 2 is 1.78 bits per heavy atom. The number of carbonyl (C=O) groups is 3. The molecule has 0 bridgehead atoms. The van der Waals surface area contributed by atoms with E-state index in [2.05, 4.69) is 5.32 Å². The van der Waals surface area contributed by atoms with Gasteiger partial charge in [0.2, 0.25) is 5.91 Å². The van der Waals surface area contributed by atoms with Gasteiger partial charge in [0.05, 0.1) is 39.6 Å². The standard InChI is InChI=1S/C21H21ClN4O6/c1-13(27)24-7-9-25(10-8-24)19-6-3-14(21(29)32-2)11-18(19)23-20(28)16-5-4-15(26(30)31)12-17(16)22/h3-6,11-12H,7-10H2,1-2H3,(H,23,28). The minimum absolute atomic E-state index is 0.00738. The number of piperazine rings is 1. The molecule has 0 saturated carbocycles. The van der Waals surface area contributed by atoms with Crippen molar-refractivity contribution in [2.75, 3.05) is 43.5 Å². The molecule has 0 radical (unpaired) electrons. The fourth-order valence-electron chi connectivity index (χ4n) is 3.41. The van der Waals surface area contributed by atoms with Crippen LogP contribution in [-0.4, -0.2) is 60.9 Å². The number of non-ortho nitro benzene ring substituents is 1. The maximum Gasteiger partial charge on any atom is 0.337 e. The molecule has 2 amide bonds. The van der Waals surface area contributed by atoms with Gasteiger partial charge in [-0.05, 0) is 24.3 Å². The summed E-state index contributed by atoms with van der Waals surface area (Å²) >= 11 is 6.09. The van der Waals surface area contributed by atoms with Crippen LogP contribution >= 0.6 is 11.6 Å². The summed E-state index contributed by atoms with van der Waals surface area (Å²) in [6.07, 6.45) is 0. The van der Waals surface area contributed by atoms with Crippen LogP contribution in [0.5, 0.6) is 0 Å². The number of benzene rings is 2. The largest absolute Gasteiger partial charge is 0.465 e. The van der Waals surface area contributed by atoms with E-state index in [-0.39, 0.29) is 27.7 Å². The van der Waals surface area contributed by atoms with Crippen molar-refractivity contribution in [2.24, 2.45) is 0 Å². The van der Waals surface area contributed by atoms with E-state index < -0.39 is 16.8 Å². The minimum atomic E-state index is -0.605. The average Bonchev–Trinajstić information content (AvgIpc) is 2.78. The van der Waals surface area contributed by atoms with E-state index in [0.717, 1.165) is 6.07 Å². The van der Waals surface area contributed by atoms with Crippen LogP contribution in [0.3, 0.4) is 0 Å². The zero-order valence-electron chi connectivity index (χ0n) is 17.5. The number of nitro groups is 1. The Hall–Kier alpha value is -3.66. The lowest BCUT2D eigenvalue weighted by molar-refractivity contribution is -0.384. The maximum atomic E-state index is 12.9. The molecule has 1 fully saturated rings. The van der Waals surface area contributed by atoms with Crippen LogP contribution in [0.2, 0.25) is 5.02 Å². The Balaban J connectivity index is 1.91. The molecule has 1 aliphatic rings. The van der Waals surface area contributed by atoms with Gasteiger partial charge in [-0.1, -0.05) is 11.6 Å². The van der Waals surface area contributed by atoms with Gasteiger partial charge >= 0.3 is 5.97 Å². The second kappa shape index (κ2) is 9.65. The Kier molecular flexibility index (Phi) is 6.94. The first-order valence-electron chi connectivity index (χ1n) is 9.69. The molecule has 0 aromatic heterocycles. The number of nitrogens with zero attached hydrogens (tertiary/aromatic N) is 3. The van der Waals surface area contributed by atoms with Crippen molar-refractivity contribution in [2.45, 2.75) is 6.92 Å². The summed E-state index contributed by atoms with van der Waals surface area (Å²) in [4.78, 5) is 50.5. The lowest BCUT2D eigenvalue weighted by atomic mass is 10.1. The van der Waals surface area contributed by atoms with Gasteiger partial charge < -0.3 is 19.9 Å². The van der Waals surface area contributed by atoms with Crippen LogP contribution in [-0.2, 0) is 9.53 Å². The molecule has 1 N–H and O–H groups in total. The summed E-state index contributed by atoms with van der Waals surface area (Å²) in [5, 5.41) is 13.6. The number of amides is 2. The molecule has 32 heavy (non-hydrogen) atoms. The van der Waals surface area contributed by atoms with Crippen LogP contribution in [0.25, 0.3) is 0 Å². The highest BCUT2D eigenvalue weighted by molar-refractivity contribution is 6.34. The molecular formula is C21H21ClN4O6. The molecule has 1 heterocycles. The van der Waals surface area contributed by atoms with Gasteiger partial charge in [-0.3, -0.25) is 19.7 Å². The van der Waals surface area contributed by atoms with Gasteiger partial charge in [0.15, 0.2) is 0 Å². The van der Waals surface area contributed by atoms with Crippen molar-refractivity contribution in [1.29, 1.82) is 0 Å². The summed E-state index contributed by atoms with van der Waals surface area (Å²) in [7, 11) is 1.26. The quantitative estimate of drug-likeness (QED) is 0.413. The van der Waals surface area contributed by atoms with E-state index in [4.69, 9.17) is 16.3 Å². The maximum absolute atomic E-state index is 12.9. The third-order valence-corrected chi connectivity index (χ3v) is 5.45. The first-order valence-corrected chi connectivity index (χ1v) is 10.1. The smallest absolute Gasteiger partial charge is 0.337 e. The SMILES string of the molecule is COC(=O)c1ccc(N2CCN(C(C)=O)CC2)c(NC(=O)c2ccc([N+](=O)[O-])cc2Cl)c1. The molecule has 0 atom stereocenters. The average molecular weight is 461 g/mol. The number of methoxy groups -OCH3 is 1. The number of hydrogen-bond donors (Lipinski definition) is 1. The fraction of sp³-hybridized carbons (Fsp3) is 0.286. The van der Waals surface area contributed by atoms with Gasteiger partial charge in [-0.15, -0.1) is 0 Å². The summed E-state index contributed by atoms with van der Waals surface area (Å²) in [5.74, 6) is -1.16.